The molecule has 0 fully saturated rings. The van der Waals surface area contributed by atoms with Gasteiger partial charge >= 0.3 is 6.36 Å². The van der Waals surface area contributed by atoms with Gasteiger partial charge in [-0.15, -0.1) is 19.2 Å². The lowest BCUT2D eigenvalue weighted by Gasteiger charge is -2.24. The Labute approximate surface area is 228 Å². The predicted octanol–water partition coefficient (Wildman–Crippen LogP) is 6.53. The van der Waals surface area contributed by atoms with Gasteiger partial charge in [-0.05, 0) is 34.9 Å². The lowest BCUT2D eigenvalue weighted by Crippen LogP contribution is -2.31. The van der Waals surface area contributed by atoms with Gasteiger partial charge in [0, 0.05) is 18.7 Å². The van der Waals surface area contributed by atoms with E-state index in [0.29, 0.717) is 16.7 Å². The summed E-state index contributed by atoms with van der Waals surface area (Å²) < 4.78 is 71.0. The molecule has 0 aromatic heterocycles. The molecule has 0 atom stereocenters. The van der Waals surface area contributed by atoms with Crippen LogP contribution in [0.1, 0.15) is 21.5 Å². The van der Waals surface area contributed by atoms with Crippen molar-refractivity contribution in [2.45, 2.75) is 24.3 Å². The Morgan fingerprint density at radius 1 is 0.825 bits per heavy atom. The average Bonchev–Trinajstić information content (AvgIpc) is 2.93. The fourth-order valence-electron chi connectivity index (χ4n) is 4.07. The van der Waals surface area contributed by atoms with Crippen LogP contribution in [0.3, 0.4) is 0 Å². The van der Waals surface area contributed by atoms with Gasteiger partial charge in [-0.1, -0.05) is 84.9 Å². The van der Waals surface area contributed by atoms with Gasteiger partial charge in [0.15, 0.2) is 0 Å². The Balaban J connectivity index is 1.66. The molecule has 4 aromatic rings. The molecule has 0 radical (unpaired) electrons. The van der Waals surface area contributed by atoms with E-state index in [1.165, 1.54) is 41.2 Å². The third kappa shape index (κ3) is 7.02. The van der Waals surface area contributed by atoms with Crippen LogP contribution in [0.4, 0.5) is 13.2 Å². The van der Waals surface area contributed by atoms with E-state index in [4.69, 9.17) is 5.41 Å². The Morgan fingerprint density at radius 3 is 2.05 bits per heavy atom. The lowest BCUT2D eigenvalue weighted by atomic mass is 10.0. The topological polar surface area (TPSA) is 98.3 Å². The molecule has 40 heavy (non-hydrogen) atoms. The molecular formula is C29H21F3N3O4S-. The van der Waals surface area contributed by atoms with Crippen LogP contribution in [0, 0.1) is 0 Å². The molecule has 0 bridgehead atoms. The van der Waals surface area contributed by atoms with Gasteiger partial charge in [0.25, 0.3) is 5.91 Å². The van der Waals surface area contributed by atoms with Crippen molar-refractivity contribution in [3.05, 3.63) is 125 Å². The number of alkyl halides is 3. The third-order valence-electron chi connectivity index (χ3n) is 5.81. The molecule has 0 saturated heterocycles. The standard InChI is InChI=1S/C29H21F3N3O4S/c30-29(31,32)39-26-12-6-4-11-25(26)28(36)35(18-21-8-2-1-3-9-21)19-22-14-16-23(17-15-22)24-10-5-7-13-27(24)40(37,38)34-20-33/h1-17H,18-19H2/q-1. The van der Waals surface area contributed by atoms with Crippen molar-refractivity contribution in [1.82, 2.24) is 4.90 Å². The first-order valence-corrected chi connectivity index (χ1v) is 13.2. The number of hydrogen-bond acceptors (Lipinski definition) is 4. The van der Waals surface area contributed by atoms with Crippen molar-refractivity contribution in [1.29, 1.82) is 0 Å². The first-order chi connectivity index (χ1) is 19.1. The molecule has 4 aromatic carbocycles. The minimum Gasteiger partial charge on any atom is -0.422 e. The number of benzene rings is 4. The second kappa shape index (κ2) is 12.0. The minimum atomic E-state index is -4.97. The summed E-state index contributed by atoms with van der Waals surface area (Å²) in [6.07, 6.45) is -4.97. The number of amides is 1. The van der Waals surface area contributed by atoms with Gasteiger partial charge in [-0.3, -0.25) is 4.79 Å². The average molecular weight is 565 g/mol. The summed E-state index contributed by atoms with van der Waals surface area (Å²) in [5, 5.41) is 8.76. The van der Waals surface area contributed by atoms with Crippen LogP contribution in [0.2, 0.25) is 0 Å². The summed E-state index contributed by atoms with van der Waals surface area (Å²) in [6.45, 7) is 0.149. The van der Waals surface area contributed by atoms with Crippen LogP contribution in [-0.2, 0) is 23.1 Å². The maximum atomic E-state index is 13.5. The first kappa shape index (κ1) is 28.3. The minimum absolute atomic E-state index is 0.0398. The van der Waals surface area contributed by atoms with E-state index in [0.717, 1.165) is 11.6 Å². The molecular weight excluding hydrogens is 543 g/mol. The van der Waals surface area contributed by atoms with Crippen LogP contribution in [-0.4, -0.2) is 31.6 Å². The monoisotopic (exact) mass is 564 g/mol. The van der Waals surface area contributed by atoms with E-state index >= 15 is 0 Å². The number of hydrogen-bond donors (Lipinski definition) is 0. The molecule has 0 saturated carbocycles. The first-order valence-electron chi connectivity index (χ1n) is 11.8. The van der Waals surface area contributed by atoms with Crippen molar-refractivity contribution < 1.29 is 31.1 Å². The van der Waals surface area contributed by atoms with Crippen molar-refractivity contribution in [2.24, 2.45) is 4.40 Å². The van der Waals surface area contributed by atoms with Gasteiger partial charge in [-0.2, -0.15) is 0 Å². The number of halogens is 3. The maximum absolute atomic E-state index is 13.5. The number of para-hydroxylation sites is 1. The SMILES string of the molecule is [N-]=C=NS(=O)(=O)c1ccccc1-c1ccc(CN(Cc2ccccc2)C(=O)c2ccccc2OC(F)(F)F)cc1. The van der Waals surface area contributed by atoms with E-state index in [1.54, 1.807) is 60.7 Å². The zero-order valence-electron chi connectivity index (χ0n) is 20.7. The summed E-state index contributed by atoms with van der Waals surface area (Å²) in [4.78, 5) is 14.8. The van der Waals surface area contributed by atoms with Crippen LogP contribution in [0.25, 0.3) is 16.5 Å². The number of carbonyl (C=O) groups is 1. The summed E-state index contributed by atoms with van der Waals surface area (Å²) in [5.41, 5.74) is 2.03. The van der Waals surface area contributed by atoms with Crippen LogP contribution >= 0.6 is 0 Å². The smallest absolute Gasteiger partial charge is 0.422 e. The highest BCUT2D eigenvalue weighted by Crippen LogP contribution is 2.30. The molecule has 11 heteroatoms. The van der Waals surface area contributed by atoms with Gasteiger partial charge in [-0.25, -0.2) is 8.42 Å². The normalized spacial score (nSPS) is 11.4. The van der Waals surface area contributed by atoms with E-state index in [9.17, 15) is 26.4 Å². The van der Waals surface area contributed by atoms with Crippen molar-refractivity contribution in [2.75, 3.05) is 0 Å². The molecule has 0 spiro atoms. The summed E-state index contributed by atoms with van der Waals surface area (Å²) in [6, 6.07) is 28.2. The van der Waals surface area contributed by atoms with Crippen molar-refractivity contribution >= 4 is 21.9 Å². The zero-order chi connectivity index (χ0) is 28.8. The van der Waals surface area contributed by atoms with Gasteiger partial charge in [0.2, 0.25) is 10.0 Å². The van der Waals surface area contributed by atoms with E-state index in [1.807, 2.05) is 6.07 Å². The molecule has 0 N–H and O–H groups in total. The molecule has 0 unspecified atom stereocenters. The largest absolute Gasteiger partial charge is 0.573 e. The second-order valence-electron chi connectivity index (χ2n) is 8.55. The van der Waals surface area contributed by atoms with E-state index < -0.39 is 28.0 Å². The molecule has 4 rings (SSSR count). The highest BCUT2D eigenvalue weighted by atomic mass is 32.2. The number of rotatable bonds is 9. The van der Waals surface area contributed by atoms with Crippen LogP contribution < -0.4 is 4.74 Å². The number of sulfonamides is 1. The van der Waals surface area contributed by atoms with Crippen molar-refractivity contribution in [3.63, 3.8) is 0 Å². The maximum Gasteiger partial charge on any atom is 0.573 e. The number of carbonyl (C=O) groups excluding carboxylic acids is 1. The highest BCUT2D eigenvalue weighted by molar-refractivity contribution is 7.90. The molecule has 0 aliphatic rings. The molecule has 0 aliphatic heterocycles. The molecule has 7 nitrogen and oxygen atoms in total. The van der Waals surface area contributed by atoms with E-state index in [-0.39, 0.29) is 23.5 Å². The van der Waals surface area contributed by atoms with Gasteiger partial charge < -0.3 is 19.4 Å². The predicted molar refractivity (Wildman–Crippen MR) is 143 cm³/mol. The van der Waals surface area contributed by atoms with Gasteiger partial charge in [0.1, 0.15) is 5.75 Å². The molecule has 0 aliphatic carbocycles. The second-order valence-corrected chi connectivity index (χ2v) is 10.1. The van der Waals surface area contributed by atoms with E-state index in [2.05, 4.69) is 9.13 Å². The Bertz CT molecular complexity index is 1650. The zero-order valence-corrected chi connectivity index (χ0v) is 21.6. The molecule has 1 amide bonds. The summed E-state index contributed by atoms with van der Waals surface area (Å²) in [5.74, 6) is -1.27. The Hall–Kier alpha value is -4.73. The number of nitrogens with zero attached hydrogens (tertiary/aromatic N) is 3. The lowest BCUT2D eigenvalue weighted by molar-refractivity contribution is -0.274. The molecule has 204 valence electrons. The van der Waals surface area contributed by atoms with Crippen LogP contribution in [0.5, 0.6) is 5.75 Å². The fraction of sp³-hybridized carbons (Fsp3) is 0.103. The highest BCUT2D eigenvalue weighted by Gasteiger charge is 2.33. The summed E-state index contributed by atoms with van der Waals surface area (Å²) >= 11 is 0. The molecule has 0 heterocycles. The summed E-state index contributed by atoms with van der Waals surface area (Å²) in [7, 11) is -4.19. The Morgan fingerprint density at radius 2 is 1.40 bits per heavy atom. The third-order valence-corrected chi connectivity index (χ3v) is 7.04. The Kier molecular flexibility index (Phi) is 8.47. The van der Waals surface area contributed by atoms with Crippen LogP contribution in [0.15, 0.2) is 112 Å². The quantitative estimate of drug-likeness (QED) is 0.216. The van der Waals surface area contributed by atoms with Crippen molar-refractivity contribution in [3.8, 4) is 16.9 Å². The van der Waals surface area contributed by atoms with Gasteiger partial charge in [0.05, 0.1) is 10.5 Å². The number of ether oxygens (including phenoxy) is 1. The fourth-order valence-corrected chi connectivity index (χ4v) is 4.99.